The molecule has 0 unspecified atom stereocenters. The predicted octanol–water partition coefficient (Wildman–Crippen LogP) is 4.40. The van der Waals surface area contributed by atoms with Gasteiger partial charge in [-0.3, -0.25) is 4.79 Å². The summed E-state index contributed by atoms with van der Waals surface area (Å²) in [5.41, 5.74) is 9.73. The highest BCUT2D eigenvalue weighted by Gasteiger charge is 2.27. The van der Waals surface area contributed by atoms with Crippen molar-refractivity contribution in [2.24, 2.45) is 5.73 Å². The summed E-state index contributed by atoms with van der Waals surface area (Å²) in [5.74, 6) is 0.867. The first-order valence-electron chi connectivity index (χ1n) is 10.8. The summed E-state index contributed by atoms with van der Waals surface area (Å²) in [7, 11) is -2.94. The van der Waals surface area contributed by atoms with Gasteiger partial charge in [-0.15, -0.1) is 0 Å². The monoisotopic (exact) mass is 440 g/mol. The zero-order chi connectivity index (χ0) is 22.0. The third-order valence-corrected chi connectivity index (χ3v) is 7.75. The van der Waals surface area contributed by atoms with Crippen molar-refractivity contribution in [3.63, 3.8) is 0 Å². The first-order valence-corrected chi connectivity index (χ1v) is 12.6. The standard InChI is InChI=1S/C24H28N2O4S/c1-2-3-10-30-19-6-4-16(5-7-19)18-13-20-22(17-8-11-31(28,29)12-9-17)15-26-23(20)21(14-18)24(25)27/h4-7,13-15,17,26H,2-3,8-12H2,1H3,(H2,25,27). The molecule has 31 heavy (non-hydrogen) atoms. The Bertz CT molecular complexity index is 1180. The number of primary amides is 1. The van der Waals surface area contributed by atoms with Crippen molar-refractivity contribution >= 4 is 26.6 Å². The summed E-state index contributed by atoms with van der Waals surface area (Å²) in [6, 6.07) is 11.7. The number of ether oxygens (including phenoxy) is 1. The highest BCUT2D eigenvalue weighted by molar-refractivity contribution is 7.91. The van der Waals surface area contributed by atoms with Crippen LogP contribution in [0.15, 0.2) is 42.6 Å². The van der Waals surface area contributed by atoms with Gasteiger partial charge in [-0.1, -0.05) is 25.5 Å². The number of aromatic amines is 1. The molecular formula is C24H28N2O4S. The molecule has 164 valence electrons. The van der Waals surface area contributed by atoms with Gasteiger partial charge in [0.15, 0.2) is 0 Å². The van der Waals surface area contributed by atoms with E-state index in [1.165, 1.54) is 0 Å². The second-order valence-electron chi connectivity index (χ2n) is 8.21. The van der Waals surface area contributed by atoms with Gasteiger partial charge in [0.25, 0.3) is 5.91 Å². The number of H-pyrrole nitrogens is 1. The number of fused-ring (bicyclic) bond motifs is 1. The van der Waals surface area contributed by atoms with E-state index in [1.807, 2.05) is 36.5 Å². The lowest BCUT2D eigenvalue weighted by Crippen LogP contribution is -2.22. The minimum Gasteiger partial charge on any atom is -0.494 e. The molecule has 0 atom stereocenters. The van der Waals surface area contributed by atoms with Crippen LogP contribution in [0.5, 0.6) is 5.75 Å². The molecule has 0 spiro atoms. The number of nitrogens with two attached hydrogens (primary N) is 1. The Labute approximate surface area is 182 Å². The number of nitrogens with one attached hydrogen (secondary N) is 1. The number of rotatable bonds is 7. The molecule has 0 bridgehead atoms. The molecule has 0 saturated carbocycles. The van der Waals surface area contributed by atoms with Crippen molar-refractivity contribution in [1.29, 1.82) is 0 Å². The van der Waals surface area contributed by atoms with Gasteiger partial charge in [-0.25, -0.2) is 8.42 Å². The minimum atomic E-state index is -2.94. The van der Waals surface area contributed by atoms with Crippen molar-refractivity contribution in [3.05, 3.63) is 53.7 Å². The van der Waals surface area contributed by atoms with E-state index in [-0.39, 0.29) is 17.4 Å². The predicted molar refractivity (Wildman–Crippen MR) is 123 cm³/mol. The zero-order valence-electron chi connectivity index (χ0n) is 17.7. The van der Waals surface area contributed by atoms with E-state index in [0.717, 1.165) is 40.7 Å². The van der Waals surface area contributed by atoms with Crippen molar-refractivity contribution < 1.29 is 17.9 Å². The molecule has 1 saturated heterocycles. The largest absolute Gasteiger partial charge is 0.494 e. The van der Waals surface area contributed by atoms with E-state index >= 15 is 0 Å². The maximum Gasteiger partial charge on any atom is 0.250 e. The number of benzene rings is 2. The minimum absolute atomic E-state index is 0.141. The number of sulfone groups is 1. The third kappa shape index (κ3) is 4.61. The highest BCUT2D eigenvalue weighted by atomic mass is 32.2. The van der Waals surface area contributed by atoms with Gasteiger partial charge in [0.2, 0.25) is 0 Å². The second-order valence-corrected chi connectivity index (χ2v) is 10.5. The third-order valence-electron chi connectivity index (χ3n) is 6.04. The van der Waals surface area contributed by atoms with Crippen molar-refractivity contribution in [3.8, 4) is 16.9 Å². The lowest BCUT2D eigenvalue weighted by molar-refractivity contribution is 0.100. The van der Waals surface area contributed by atoms with Crippen LogP contribution in [0, 0.1) is 0 Å². The van der Waals surface area contributed by atoms with E-state index in [0.29, 0.717) is 30.5 Å². The summed E-state index contributed by atoms with van der Waals surface area (Å²) in [4.78, 5) is 15.4. The fourth-order valence-corrected chi connectivity index (χ4v) is 5.72. The second kappa shape index (κ2) is 8.75. The average Bonchev–Trinajstić information content (AvgIpc) is 3.17. The number of carbonyl (C=O) groups excluding carboxylic acids is 1. The summed E-state index contributed by atoms with van der Waals surface area (Å²) < 4.78 is 29.4. The van der Waals surface area contributed by atoms with Crippen LogP contribution in [0.3, 0.4) is 0 Å². The topological polar surface area (TPSA) is 102 Å². The van der Waals surface area contributed by atoms with Gasteiger partial charge in [-0.2, -0.15) is 0 Å². The molecule has 4 rings (SSSR count). The average molecular weight is 441 g/mol. The van der Waals surface area contributed by atoms with Gasteiger partial charge in [0.1, 0.15) is 15.6 Å². The van der Waals surface area contributed by atoms with Gasteiger partial charge < -0.3 is 15.5 Å². The van der Waals surface area contributed by atoms with Crippen molar-refractivity contribution in [2.45, 2.75) is 38.5 Å². The molecule has 1 aliphatic rings. The first kappa shape index (κ1) is 21.4. The Morgan fingerprint density at radius 1 is 1.13 bits per heavy atom. The van der Waals surface area contributed by atoms with E-state index in [4.69, 9.17) is 10.5 Å². The molecular weight excluding hydrogens is 412 g/mol. The molecule has 1 aromatic heterocycles. The maximum atomic E-state index is 12.2. The van der Waals surface area contributed by atoms with Crippen LogP contribution < -0.4 is 10.5 Å². The van der Waals surface area contributed by atoms with Crippen molar-refractivity contribution in [2.75, 3.05) is 18.1 Å². The van der Waals surface area contributed by atoms with E-state index in [1.54, 1.807) is 0 Å². The normalized spacial score (nSPS) is 16.4. The van der Waals surface area contributed by atoms with Crippen LogP contribution in [0.1, 0.15) is 54.4 Å². The Morgan fingerprint density at radius 3 is 2.48 bits per heavy atom. The van der Waals surface area contributed by atoms with Crippen LogP contribution >= 0.6 is 0 Å². The summed E-state index contributed by atoms with van der Waals surface area (Å²) in [5, 5.41) is 0.930. The zero-order valence-corrected chi connectivity index (χ0v) is 18.5. The Morgan fingerprint density at radius 2 is 1.84 bits per heavy atom. The molecule has 1 fully saturated rings. The van der Waals surface area contributed by atoms with Gasteiger partial charge >= 0.3 is 0 Å². The Kier molecular flexibility index (Phi) is 6.05. The maximum absolute atomic E-state index is 12.2. The molecule has 2 aromatic carbocycles. The van der Waals surface area contributed by atoms with Crippen LogP contribution in [-0.4, -0.2) is 37.4 Å². The van der Waals surface area contributed by atoms with Gasteiger partial charge in [0.05, 0.1) is 29.2 Å². The fourth-order valence-electron chi connectivity index (χ4n) is 4.23. The quantitative estimate of drug-likeness (QED) is 0.531. The van der Waals surface area contributed by atoms with Crippen molar-refractivity contribution in [1.82, 2.24) is 4.98 Å². The SMILES string of the molecule is CCCCOc1ccc(-c2cc(C(N)=O)c3[nH]cc(C4CCS(=O)(=O)CC4)c3c2)cc1. The number of hydrogen-bond donors (Lipinski definition) is 2. The fraction of sp³-hybridized carbons (Fsp3) is 0.375. The number of amides is 1. The molecule has 6 nitrogen and oxygen atoms in total. The molecule has 1 aliphatic heterocycles. The molecule has 2 heterocycles. The van der Waals surface area contributed by atoms with E-state index in [9.17, 15) is 13.2 Å². The molecule has 1 amide bonds. The van der Waals surface area contributed by atoms with Gasteiger partial charge in [0, 0.05) is 11.6 Å². The van der Waals surface area contributed by atoms with Crippen LogP contribution in [0.25, 0.3) is 22.0 Å². The van der Waals surface area contributed by atoms with Crippen LogP contribution in [0.4, 0.5) is 0 Å². The molecule has 7 heteroatoms. The number of unbranched alkanes of at least 4 members (excludes halogenated alkanes) is 1. The smallest absolute Gasteiger partial charge is 0.250 e. The molecule has 3 N–H and O–H groups in total. The lowest BCUT2D eigenvalue weighted by Gasteiger charge is -2.21. The number of carbonyl (C=O) groups is 1. The lowest BCUT2D eigenvalue weighted by atomic mass is 9.91. The molecule has 0 aliphatic carbocycles. The first-order chi connectivity index (χ1) is 14.9. The van der Waals surface area contributed by atoms with E-state index in [2.05, 4.69) is 18.0 Å². The Hall–Kier alpha value is -2.80. The van der Waals surface area contributed by atoms with Gasteiger partial charge in [-0.05, 0) is 66.1 Å². The molecule has 3 aromatic rings. The highest BCUT2D eigenvalue weighted by Crippen LogP contribution is 2.37. The van der Waals surface area contributed by atoms with Crippen LogP contribution in [-0.2, 0) is 9.84 Å². The Balaban J connectivity index is 1.70. The summed E-state index contributed by atoms with van der Waals surface area (Å²) in [6.45, 7) is 2.82. The summed E-state index contributed by atoms with van der Waals surface area (Å²) in [6.07, 6.45) is 5.18. The summed E-state index contributed by atoms with van der Waals surface area (Å²) >= 11 is 0. The number of aromatic nitrogens is 1. The van der Waals surface area contributed by atoms with E-state index < -0.39 is 15.7 Å². The number of hydrogen-bond acceptors (Lipinski definition) is 4. The molecule has 0 radical (unpaired) electrons. The van der Waals surface area contributed by atoms with Crippen LogP contribution in [0.2, 0.25) is 0 Å².